The molecule has 0 atom stereocenters. The highest BCUT2D eigenvalue weighted by atomic mass is 16.7. The summed E-state index contributed by atoms with van der Waals surface area (Å²) in [7, 11) is 0. The van der Waals surface area contributed by atoms with Crippen molar-refractivity contribution >= 4 is 18.2 Å². The summed E-state index contributed by atoms with van der Waals surface area (Å²) in [5.74, 6) is -0.0681. The van der Waals surface area contributed by atoms with Gasteiger partial charge in [0.25, 0.3) is 0 Å². The average Bonchev–Trinajstić information content (AvgIpc) is 2.93. The highest BCUT2D eigenvalue weighted by Gasteiger charge is 2.09. The molecule has 6 nitrogen and oxygen atoms in total. The number of rotatable bonds is 5. The van der Waals surface area contributed by atoms with Gasteiger partial charge < -0.3 is 14.0 Å². The number of carbonyl (C=O) groups is 2. The molecule has 2 aromatic rings. The lowest BCUT2D eigenvalue weighted by Crippen LogP contribution is -2.03. The molecule has 1 heterocycles. The van der Waals surface area contributed by atoms with E-state index in [9.17, 15) is 9.59 Å². The molecule has 0 fully saturated rings. The molecule has 114 valence electrons. The molecule has 0 saturated carbocycles. The molecular formula is C16H15NO5. The van der Waals surface area contributed by atoms with Crippen LogP contribution in [0.3, 0.4) is 0 Å². The van der Waals surface area contributed by atoms with Crippen LogP contribution in [0.25, 0.3) is 0 Å². The van der Waals surface area contributed by atoms with E-state index < -0.39 is 11.9 Å². The van der Waals surface area contributed by atoms with Crippen molar-refractivity contribution in [2.75, 3.05) is 0 Å². The van der Waals surface area contributed by atoms with Crippen molar-refractivity contribution in [2.24, 2.45) is 5.16 Å². The van der Waals surface area contributed by atoms with E-state index in [2.05, 4.69) is 5.16 Å². The summed E-state index contributed by atoms with van der Waals surface area (Å²) in [5, 5.41) is 3.59. The normalized spacial score (nSPS) is 10.6. The van der Waals surface area contributed by atoms with Gasteiger partial charge in [-0.1, -0.05) is 23.4 Å². The molecule has 6 heteroatoms. The molecule has 2 rings (SSSR count). The zero-order chi connectivity index (χ0) is 15.9. The van der Waals surface area contributed by atoms with Crippen molar-refractivity contribution in [3.8, 4) is 0 Å². The van der Waals surface area contributed by atoms with Crippen LogP contribution in [0.2, 0.25) is 0 Å². The molecule has 0 radical (unpaired) electrons. The van der Waals surface area contributed by atoms with Crippen LogP contribution in [-0.4, -0.2) is 18.2 Å². The number of aryl methyl sites for hydroxylation is 1. The van der Waals surface area contributed by atoms with Gasteiger partial charge in [0.05, 0.1) is 5.56 Å². The molecule has 0 aliphatic rings. The quantitative estimate of drug-likeness (QED) is 0.367. The lowest BCUT2D eigenvalue weighted by Gasteiger charge is -2.00. The molecule has 0 saturated heterocycles. The fourth-order valence-electron chi connectivity index (χ4n) is 1.69. The van der Waals surface area contributed by atoms with Crippen molar-refractivity contribution in [2.45, 2.75) is 20.5 Å². The second-order valence-corrected chi connectivity index (χ2v) is 4.51. The first kappa shape index (κ1) is 15.5. The van der Waals surface area contributed by atoms with E-state index in [1.807, 2.05) is 19.1 Å². The zero-order valence-electron chi connectivity index (χ0n) is 12.2. The Hall–Kier alpha value is -2.89. The second kappa shape index (κ2) is 7.21. The average molecular weight is 301 g/mol. The first-order valence-corrected chi connectivity index (χ1v) is 6.58. The van der Waals surface area contributed by atoms with Crippen molar-refractivity contribution in [3.63, 3.8) is 0 Å². The fourth-order valence-corrected chi connectivity index (χ4v) is 1.69. The number of hydrogen-bond donors (Lipinski definition) is 0. The van der Waals surface area contributed by atoms with Gasteiger partial charge in [0.1, 0.15) is 24.3 Å². The van der Waals surface area contributed by atoms with Crippen LogP contribution < -0.4 is 0 Å². The van der Waals surface area contributed by atoms with Crippen LogP contribution in [0.4, 0.5) is 0 Å². The largest absolute Gasteiger partial charge is 0.458 e. The maximum Gasteiger partial charge on any atom is 0.365 e. The smallest absolute Gasteiger partial charge is 0.365 e. The van der Waals surface area contributed by atoms with Gasteiger partial charge in [-0.15, -0.1) is 0 Å². The molecule has 22 heavy (non-hydrogen) atoms. The predicted octanol–water partition coefficient (Wildman–Crippen LogP) is 2.84. The van der Waals surface area contributed by atoms with Gasteiger partial charge in [-0.05, 0) is 30.7 Å². The number of ether oxygens (including phenoxy) is 1. The molecule has 0 amide bonds. The highest BCUT2D eigenvalue weighted by molar-refractivity contribution is 5.91. The summed E-state index contributed by atoms with van der Waals surface area (Å²) < 4.78 is 10.1. The van der Waals surface area contributed by atoms with E-state index in [1.54, 1.807) is 24.3 Å². The molecule has 1 aromatic heterocycles. The third-order valence-electron chi connectivity index (χ3n) is 2.78. The SMILES string of the molecule is CC(=O)OCc1ccc(/C=N\OC(=O)c2ccccc2C)o1. The Morgan fingerprint density at radius 1 is 1.23 bits per heavy atom. The summed E-state index contributed by atoms with van der Waals surface area (Å²) >= 11 is 0. The molecule has 0 spiro atoms. The van der Waals surface area contributed by atoms with Gasteiger partial charge in [0.2, 0.25) is 0 Å². The number of benzene rings is 1. The van der Waals surface area contributed by atoms with Gasteiger partial charge in [-0.2, -0.15) is 0 Å². The van der Waals surface area contributed by atoms with Crippen molar-refractivity contribution in [3.05, 3.63) is 59.0 Å². The summed E-state index contributed by atoms with van der Waals surface area (Å²) in [6.07, 6.45) is 1.27. The Balaban J connectivity index is 1.91. The minimum atomic E-state index is -0.541. The first-order valence-electron chi connectivity index (χ1n) is 6.58. The van der Waals surface area contributed by atoms with Crippen LogP contribution in [0, 0.1) is 6.92 Å². The summed E-state index contributed by atoms with van der Waals surface area (Å²) in [6, 6.07) is 10.3. The Bertz CT molecular complexity index is 702. The third-order valence-corrected chi connectivity index (χ3v) is 2.78. The van der Waals surface area contributed by atoms with Gasteiger partial charge in [-0.3, -0.25) is 4.79 Å². The molecule has 1 aromatic carbocycles. The minimum Gasteiger partial charge on any atom is -0.458 e. The Kier molecular flexibility index (Phi) is 5.08. The van der Waals surface area contributed by atoms with Crippen LogP contribution in [0.1, 0.15) is 34.4 Å². The molecule has 0 N–H and O–H groups in total. The van der Waals surface area contributed by atoms with E-state index >= 15 is 0 Å². The van der Waals surface area contributed by atoms with Crippen molar-refractivity contribution in [1.29, 1.82) is 0 Å². The van der Waals surface area contributed by atoms with Crippen molar-refractivity contribution in [1.82, 2.24) is 0 Å². The third kappa shape index (κ3) is 4.31. The van der Waals surface area contributed by atoms with Crippen LogP contribution in [0.5, 0.6) is 0 Å². The molecular weight excluding hydrogens is 286 g/mol. The van der Waals surface area contributed by atoms with E-state index in [1.165, 1.54) is 13.1 Å². The van der Waals surface area contributed by atoms with E-state index in [-0.39, 0.29) is 6.61 Å². The molecule has 0 aliphatic heterocycles. The standard InChI is InChI=1S/C16H15NO5/c1-11-5-3-4-6-15(11)16(19)22-17-9-13-7-8-14(21-13)10-20-12(2)18/h3-9H,10H2,1-2H3/b17-9-. The predicted molar refractivity (Wildman–Crippen MR) is 78.4 cm³/mol. The van der Waals surface area contributed by atoms with E-state index in [4.69, 9.17) is 14.0 Å². The van der Waals surface area contributed by atoms with Gasteiger partial charge in [0.15, 0.2) is 0 Å². The Morgan fingerprint density at radius 3 is 2.73 bits per heavy atom. The maximum atomic E-state index is 11.8. The number of furan rings is 1. The number of hydrogen-bond acceptors (Lipinski definition) is 6. The summed E-state index contributed by atoms with van der Waals surface area (Å²) in [6.45, 7) is 3.18. The minimum absolute atomic E-state index is 0.0478. The fraction of sp³-hybridized carbons (Fsp3) is 0.188. The van der Waals surface area contributed by atoms with E-state index in [0.717, 1.165) is 5.56 Å². The highest BCUT2D eigenvalue weighted by Crippen LogP contribution is 2.10. The molecule has 0 aliphatic carbocycles. The zero-order valence-corrected chi connectivity index (χ0v) is 12.2. The summed E-state index contributed by atoms with van der Waals surface area (Å²) in [5.41, 5.74) is 1.26. The monoisotopic (exact) mass is 301 g/mol. The Morgan fingerprint density at radius 2 is 2.00 bits per heavy atom. The van der Waals surface area contributed by atoms with Crippen LogP contribution in [-0.2, 0) is 21.0 Å². The first-order chi connectivity index (χ1) is 10.6. The molecule has 0 bridgehead atoms. The van der Waals surface area contributed by atoms with Gasteiger partial charge in [0, 0.05) is 6.92 Å². The summed E-state index contributed by atoms with van der Waals surface area (Å²) in [4.78, 5) is 27.3. The number of carbonyl (C=O) groups excluding carboxylic acids is 2. The van der Waals surface area contributed by atoms with Crippen LogP contribution >= 0.6 is 0 Å². The number of esters is 1. The van der Waals surface area contributed by atoms with Gasteiger partial charge >= 0.3 is 11.9 Å². The van der Waals surface area contributed by atoms with Gasteiger partial charge in [-0.25, -0.2) is 4.79 Å². The lowest BCUT2D eigenvalue weighted by molar-refractivity contribution is -0.142. The van der Waals surface area contributed by atoms with Crippen molar-refractivity contribution < 1.29 is 23.6 Å². The topological polar surface area (TPSA) is 78.1 Å². The van der Waals surface area contributed by atoms with Crippen LogP contribution in [0.15, 0.2) is 46.0 Å². The second-order valence-electron chi connectivity index (χ2n) is 4.51. The Labute approximate surface area is 127 Å². The number of oxime groups is 1. The maximum absolute atomic E-state index is 11.8. The molecule has 0 unspecified atom stereocenters. The van der Waals surface area contributed by atoms with E-state index in [0.29, 0.717) is 17.1 Å². The number of nitrogens with zero attached hydrogens (tertiary/aromatic N) is 1. The lowest BCUT2D eigenvalue weighted by atomic mass is 10.1.